The molecule has 0 aliphatic carbocycles. The average Bonchev–Trinajstić information content (AvgIpc) is 2.52. The van der Waals surface area contributed by atoms with Crippen molar-refractivity contribution >= 4 is 6.29 Å². The normalized spacial score (nSPS) is 9.90. The molecule has 0 aliphatic heterocycles. The van der Waals surface area contributed by atoms with Crippen LogP contribution < -0.4 is 14.2 Å². The third-order valence-electron chi connectivity index (χ3n) is 2.76. The van der Waals surface area contributed by atoms with Crippen LogP contribution in [0.2, 0.25) is 0 Å². The number of ether oxygens (including phenoxy) is 3. The minimum Gasteiger partial charge on any atom is -0.493 e. The second-order valence-corrected chi connectivity index (χ2v) is 3.99. The largest absolute Gasteiger partial charge is 0.493 e. The van der Waals surface area contributed by atoms with Crippen LogP contribution in [0.5, 0.6) is 17.2 Å². The van der Waals surface area contributed by atoms with Crippen LogP contribution in [0.4, 0.5) is 0 Å². The summed E-state index contributed by atoms with van der Waals surface area (Å²) in [5.74, 6) is 1.28. The lowest BCUT2D eigenvalue weighted by atomic mass is 10.2. The Labute approximate surface area is 117 Å². The first kappa shape index (κ1) is 13.9. The summed E-state index contributed by atoms with van der Waals surface area (Å²) >= 11 is 0. The molecule has 5 heteroatoms. The van der Waals surface area contributed by atoms with Crippen molar-refractivity contribution in [1.82, 2.24) is 4.98 Å². The van der Waals surface area contributed by atoms with E-state index in [2.05, 4.69) is 4.98 Å². The molecule has 0 amide bonds. The van der Waals surface area contributed by atoms with E-state index in [1.165, 1.54) is 14.2 Å². The summed E-state index contributed by atoms with van der Waals surface area (Å²) in [5.41, 5.74) is 1.31. The molecule has 2 rings (SSSR count). The van der Waals surface area contributed by atoms with E-state index in [0.717, 1.165) is 11.8 Å². The van der Waals surface area contributed by atoms with E-state index in [0.29, 0.717) is 22.8 Å². The number of pyridine rings is 1. The molecule has 0 spiro atoms. The fourth-order valence-corrected chi connectivity index (χ4v) is 1.79. The van der Waals surface area contributed by atoms with Gasteiger partial charge in [0.2, 0.25) is 5.75 Å². The maximum atomic E-state index is 11.1. The van der Waals surface area contributed by atoms with Crippen molar-refractivity contribution in [3.63, 3.8) is 0 Å². The standard InChI is InChI=1S/C15H15NO4/c1-18-13-6-5-12(9-17)14(15(13)19-2)20-10-11-4-3-7-16-8-11/h3-9H,10H2,1-2H3. The molecule has 0 unspecified atom stereocenters. The molecule has 1 aromatic carbocycles. The summed E-state index contributed by atoms with van der Waals surface area (Å²) in [4.78, 5) is 15.1. The Hall–Kier alpha value is -2.56. The van der Waals surface area contributed by atoms with E-state index in [4.69, 9.17) is 14.2 Å². The summed E-state index contributed by atoms with van der Waals surface area (Å²) < 4.78 is 16.2. The highest BCUT2D eigenvalue weighted by Gasteiger charge is 2.16. The molecule has 0 radical (unpaired) electrons. The maximum absolute atomic E-state index is 11.1. The van der Waals surface area contributed by atoms with E-state index >= 15 is 0 Å². The summed E-state index contributed by atoms with van der Waals surface area (Å²) in [6.07, 6.45) is 4.11. The Balaban J connectivity index is 2.31. The van der Waals surface area contributed by atoms with Crippen molar-refractivity contribution in [3.05, 3.63) is 47.8 Å². The van der Waals surface area contributed by atoms with Crippen LogP contribution in [0, 0.1) is 0 Å². The van der Waals surface area contributed by atoms with Crippen LogP contribution in [0.15, 0.2) is 36.7 Å². The quantitative estimate of drug-likeness (QED) is 0.757. The van der Waals surface area contributed by atoms with Crippen molar-refractivity contribution < 1.29 is 19.0 Å². The van der Waals surface area contributed by atoms with Crippen molar-refractivity contribution in [2.75, 3.05) is 14.2 Å². The van der Waals surface area contributed by atoms with Gasteiger partial charge in [-0.1, -0.05) is 6.07 Å². The van der Waals surface area contributed by atoms with Crippen LogP contribution in [0.3, 0.4) is 0 Å². The van der Waals surface area contributed by atoms with Crippen molar-refractivity contribution in [3.8, 4) is 17.2 Å². The molecule has 1 heterocycles. The van der Waals surface area contributed by atoms with E-state index in [1.54, 1.807) is 24.5 Å². The molecule has 1 aromatic heterocycles. The third-order valence-corrected chi connectivity index (χ3v) is 2.76. The van der Waals surface area contributed by atoms with Gasteiger partial charge in [0.25, 0.3) is 0 Å². The SMILES string of the molecule is COc1ccc(C=O)c(OCc2cccnc2)c1OC. The molecule has 0 atom stereocenters. The third kappa shape index (κ3) is 2.88. The van der Waals surface area contributed by atoms with Gasteiger partial charge in [0.1, 0.15) is 6.61 Å². The van der Waals surface area contributed by atoms with Crippen LogP contribution >= 0.6 is 0 Å². The van der Waals surface area contributed by atoms with Gasteiger partial charge in [0.15, 0.2) is 17.8 Å². The molecule has 0 fully saturated rings. The second-order valence-electron chi connectivity index (χ2n) is 3.99. The van der Waals surface area contributed by atoms with Crippen molar-refractivity contribution in [2.45, 2.75) is 6.61 Å². The number of aromatic nitrogens is 1. The summed E-state index contributed by atoms with van der Waals surface area (Å²) in [6, 6.07) is 7.01. The topological polar surface area (TPSA) is 57.7 Å². The molecule has 0 aliphatic rings. The van der Waals surface area contributed by atoms with Gasteiger partial charge >= 0.3 is 0 Å². The highest BCUT2D eigenvalue weighted by atomic mass is 16.5. The van der Waals surface area contributed by atoms with Gasteiger partial charge in [-0.2, -0.15) is 0 Å². The lowest BCUT2D eigenvalue weighted by Crippen LogP contribution is -2.02. The first-order valence-electron chi connectivity index (χ1n) is 6.02. The number of aldehydes is 1. The Bertz CT molecular complexity index is 584. The predicted molar refractivity (Wildman–Crippen MR) is 73.5 cm³/mol. The second kappa shape index (κ2) is 6.56. The smallest absolute Gasteiger partial charge is 0.204 e. The molecular formula is C15H15NO4. The van der Waals surface area contributed by atoms with Crippen LogP contribution in [0.25, 0.3) is 0 Å². The molecule has 5 nitrogen and oxygen atoms in total. The number of hydrogen-bond acceptors (Lipinski definition) is 5. The molecule has 104 valence electrons. The number of nitrogens with zero attached hydrogens (tertiary/aromatic N) is 1. The molecule has 0 saturated heterocycles. The monoisotopic (exact) mass is 273 g/mol. The number of benzene rings is 1. The number of methoxy groups -OCH3 is 2. The zero-order valence-electron chi connectivity index (χ0n) is 11.3. The number of carbonyl (C=O) groups excluding carboxylic acids is 1. The van der Waals surface area contributed by atoms with Crippen LogP contribution in [0.1, 0.15) is 15.9 Å². The molecule has 20 heavy (non-hydrogen) atoms. The average molecular weight is 273 g/mol. The van der Waals surface area contributed by atoms with Crippen molar-refractivity contribution in [2.24, 2.45) is 0 Å². The lowest BCUT2D eigenvalue weighted by molar-refractivity contribution is 0.111. The van der Waals surface area contributed by atoms with Crippen molar-refractivity contribution in [1.29, 1.82) is 0 Å². The first-order valence-corrected chi connectivity index (χ1v) is 6.02. The molecule has 0 bridgehead atoms. The van der Waals surface area contributed by atoms with Gasteiger partial charge < -0.3 is 14.2 Å². The van der Waals surface area contributed by atoms with E-state index in [-0.39, 0.29) is 6.61 Å². The number of carbonyl (C=O) groups is 1. The minimum atomic E-state index is 0.290. The van der Waals surface area contributed by atoms with E-state index in [1.807, 2.05) is 12.1 Å². The predicted octanol–water partition coefficient (Wildman–Crippen LogP) is 2.49. The Morgan fingerprint density at radius 3 is 2.60 bits per heavy atom. The fraction of sp³-hybridized carbons (Fsp3) is 0.200. The van der Waals surface area contributed by atoms with Gasteiger partial charge in [-0.15, -0.1) is 0 Å². The van der Waals surface area contributed by atoms with Gasteiger partial charge in [-0.3, -0.25) is 9.78 Å². The highest BCUT2D eigenvalue weighted by Crippen LogP contribution is 2.39. The van der Waals surface area contributed by atoms with Crippen LogP contribution in [-0.4, -0.2) is 25.5 Å². The van der Waals surface area contributed by atoms with Gasteiger partial charge in [-0.25, -0.2) is 0 Å². The Morgan fingerprint density at radius 2 is 2.00 bits per heavy atom. The Morgan fingerprint density at radius 1 is 1.15 bits per heavy atom. The summed E-state index contributed by atoms with van der Waals surface area (Å²) in [7, 11) is 3.03. The van der Waals surface area contributed by atoms with Gasteiger partial charge in [-0.05, 0) is 18.2 Å². The van der Waals surface area contributed by atoms with Crippen LogP contribution in [-0.2, 0) is 6.61 Å². The fourth-order valence-electron chi connectivity index (χ4n) is 1.79. The number of rotatable bonds is 6. The van der Waals surface area contributed by atoms with E-state index in [9.17, 15) is 4.79 Å². The molecular weight excluding hydrogens is 258 g/mol. The Kier molecular flexibility index (Phi) is 4.55. The van der Waals surface area contributed by atoms with E-state index < -0.39 is 0 Å². The van der Waals surface area contributed by atoms with Gasteiger partial charge in [0.05, 0.1) is 19.8 Å². The van der Waals surface area contributed by atoms with Gasteiger partial charge in [0, 0.05) is 18.0 Å². The molecule has 0 saturated carbocycles. The minimum absolute atomic E-state index is 0.290. The molecule has 2 aromatic rings. The summed E-state index contributed by atoms with van der Waals surface area (Å²) in [6.45, 7) is 0.290. The summed E-state index contributed by atoms with van der Waals surface area (Å²) in [5, 5.41) is 0. The zero-order chi connectivity index (χ0) is 14.4. The molecule has 0 N–H and O–H groups in total. The first-order chi connectivity index (χ1) is 9.80. The zero-order valence-corrected chi connectivity index (χ0v) is 11.3. The lowest BCUT2D eigenvalue weighted by Gasteiger charge is -2.15. The maximum Gasteiger partial charge on any atom is 0.204 e. The highest BCUT2D eigenvalue weighted by molar-refractivity contribution is 5.82. The number of hydrogen-bond donors (Lipinski definition) is 0.